The highest BCUT2D eigenvalue weighted by Crippen LogP contribution is 2.24. The molecule has 0 unspecified atom stereocenters. The Morgan fingerprint density at radius 3 is 2.56 bits per heavy atom. The van der Waals surface area contributed by atoms with E-state index in [1.807, 2.05) is 31.2 Å². The van der Waals surface area contributed by atoms with Crippen LogP contribution in [0.4, 0.5) is 5.69 Å². The van der Waals surface area contributed by atoms with E-state index in [-0.39, 0.29) is 11.9 Å². The van der Waals surface area contributed by atoms with Crippen LogP contribution >= 0.6 is 0 Å². The number of carbonyl (C=O) groups is 1. The van der Waals surface area contributed by atoms with Gasteiger partial charge in [0.2, 0.25) is 5.91 Å². The summed E-state index contributed by atoms with van der Waals surface area (Å²) in [6.45, 7) is 1.89. The van der Waals surface area contributed by atoms with E-state index < -0.39 is 0 Å². The molecule has 0 fully saturated rings. The number of aryl methyl sites for hydroxylation is 1. The van der Waals surface area contributed by atoms with Crippen LogP contribution in [0.2, 0.25) is 0 Å². The van der Waals surface area contributed by atoms with E-state index in [0.717, 1.165) is 11.3 Å². The van der Waals surface area contributed by atoms with Gasteiger partial charge in [0, 0.05) is 30.4 Å². The number of ether oxygens (including phenoxy) is 1. The third-order valence-corrected chi connectivity index (χ3v) is 3.30. The molecule has 0 aliphatic carbocycles. The Labute approximate surface area is 145 Å². The molecule has 2 heterocycles. The van der Waals surface area contributed by atoms with Gasteiger partial charge in [-0.25, -0.2) is 9.97 Å². The van der Waals surface area contributed by atoms with E-state index in [9.17, 15) is 4.79 Å². The topological polar surface area (TPSA) is 77.0 Å². The molecule has 0 bridgehead atoms. The Morgan fingerprint density at radius 2 is 1.84 bits per heavy atom. The monoisotopic (exact) mass is 332 g/mol. The second-order valence-electron chi connectivity index (χ2n) is 5.19. The molecule has 0 aliphatic heterocycles. The van der Waals surface area contributed by atoms with E-state index >= 15 is 0 Å². The van der Waals surface area contributed by atoms with Crippen LogP contribution in [-0.2, 0) is 4.79 Å². The number of nitrogens with one attached hydrogen (secondary N) is 1. The lowest BCUT2D eigenvalue weighted by atomic mass is 10.2. The van der Waals surface area contributed by atoms with Crippen molar-refractivity contribution in [2.45, 2.75) is 6.92 Å². The predicted octanol–water partition coefficient (Wildman–Crippen LogP) is 3.62. The number of aromatic nitrogens is 3. The maximum Gasteiger partial charge on any atom is 0.321 e. The van der Waals surface area contributed by atoms with Crippen molar-refractivity contribution in [3.8, 4) is 11.8 Å². The van der Waals surface area contributed by atoms with Gasteiger partial charge >= 0.3 is 6.01 Å². The van der Waals surface area contributed by atoms with Gasteiger partial charge in [0.1, 0.15) is 5.75 Å². The Morgan fingerprint density at radius 1 is 1.04 bits per heavy atom. The Bertz CT molecular complexity index is 880. The summed E-state index contributed by atoms with van der Waals surface area (Å²) in [7, 11) is 0. The van der Waals surface area contributed by atoms with E-state index in [1.165, 1.54) is 6.08 Å². The van der Waals surface area contributed by atoms with Gasteiger partial charge in [-0.3, -0.25) is 9.78 Å². The number of hydrogen-bond donors (Lipinski definition) is 1. The van der Waals surface area contributed by atoms with Gasteiger partial charge in [-0.2, -0.15) is 0 Å². The van der Waals surface area contributed by atoms with Crippen molar-refractivity contribution in [3.63, 3.8) is 0 Å². The molecular formula is C19H16N4O2. The minimum Gasteiger partial charge on any atom is -0.424 e. The first kappa shape index (κ1) is 16.3. The van der Waals surface area contributed by atoms with Crippen LogP contribution in [0.1, 0.15) is 11.3 Å². The molecule has 25 heavy (non-hydrogen) atoms. The molecule has 0 saturated heterocycles. The number of rotatable bonds is 5. The van der Waals surface area contributed by atoms with Gasteiger partial charge in [0.05, 0.1) is 5.69 Å². The third-order valence-electron chi connectivity index (χ3n) is 3.30. The highest BCUT2D eigenvalue weighted by molar-refractivity contribution is 6.02. The second-order valence-corrected chi connectivity index (χ2v) is 5.19. The van der Waals surface area contributed by atoms with Crippen LogP contribution in [0.25, 0.3) is 6.08 Å². The van der Waals surface area contributed by atoms with Crippen LogP contribution in [0.15, 0.2) is 67.1 Å². The van der Waals surface area contributed by atoms with Crippen LogP contribution in [0.3, 0.4) is 0 Å². The summed E-state index contributed by atoms with van der Waals surface area (Å²) in [5.41, 5.74) is 2.30. The first-order chi connectivity index (χ1) is 12.2. The quantitative estimate of drug-likeness (QED) is 0.722. The maximum atomic E-state index is 12.0. The number of amides is 1. The third kappa shape index (κ3) is 4.71. The van der Waals surface area contributed by atoms with E-state index in [2.05, 4.69) is 20.3 Å². The van der Waals surface area contributed by atoms with Crippen LogP contribution in [0.5, 0.6) is 11.8 Å². The van der Waals surface area contributed by atoms with Crippen molar-refractivity contribution in [1.29, 1.82) is 0 Å². The molecule has 3 aromatic rings. The average Bonchev–Trinajstić information content (AvgIpc) is 2.64. The molecule has 0 saturated carbocycles. The fraction of sp³-hybridized carbons (Fsp3) is 0.0526. The minimum atomic E-state index is -0.228. The van der Waals surface area contributed by atoms with Crippen molar-refractivity contribution in [2.75, 3.05) is 5.32 Å². The normalized spacial score (nSPS) is 10.6. The first-order valence-corrected chi connectivity index (χ1v) is 7.66. The summed E-state index contributed by atoms with van der Waals surface area (Å²) in [6.07, 6.45) is 8.01. The summed E-state index contributed by atoms with van der Waals surface area (Å²) in [5, 5.41) is 2.83. The lowest BCUT2D eigenvalue weighted by Gasteiger charge is -2.09. The van der Waals surface area contributed by atoms with Crippen LogP contribution in [0, 0.1) is 6.92 Å². The molecule has 1 amide bonds. The standard InChI is InChI=1S/C19H16N4O2/c1-14-13-16(25-19-21-11-4-12-22-19)7-8-17(14)23-18(24)9-6-15-5-2-3-10-20-15/h2-13H,1H3,(H,23,24)/b9-6-. The summed E-state index contributed by atoms with van der Waals surface area (Å²) in [6, 6.07) is 12.9. The minimum absolute atomic E-state index is 0.228. The van der Waals surface area contributed by atoms with E-state index in [4.69, 9.17) is 4.74 Å². The Balaban J connectivity index is 1.65. The molecular weight excluding hydrogens is 316 g/mol. The second kappa shape index (κ2) is 7.83. The van der Waals surface area contributed by atoms with Gasteiger partial charge < -0.3 is 10.1 Å². The van der Waals surface area contributed by atoms with E-state index in [1.54, 1.807) is 42.9 Å². The summed E-state index contributed by atoms with van der Waals surface area (Å²) >= 11 is 0. The molecule has 6 heteroatoms. The zero-order valence-corrected chi connectivity index (χ0v) is 13.6. The number of carbonyl (C=O) groups excluding carboxylic acids is 1. The molecule has 0 spiro atoms. The highest BCUT2D eigenvalue weighted by Gasteiger charge is 2.05. The summed E-state index contributed by atoms with van der Waals surface area (Å²) < 4.78 is 5.57. The molecule has 1 aromatic carbocycles. The van der Waals surface area contributed by atoms with Crippen molar-refractivity contribution < 1.29 is 9.53 Å². The molecule has 2 aromatic heterocycles. The molecule has 6 nitrogen and oxygen atoms in total. The SMILES string of the molecule is Cc1cc(Oc2ncccn2)ccc1NC(=O)/C=C\c1ccccn1. The lowest BCUT2D eigenvalue weighted by molar-refractivity contribution is -0.111. The lowest BCUT2D eigenvalue weighted by Crippen LogP contribution is -2.09. The van der Waals surface area contributed by atoms with Gasteiger partial charge in [-0.15, -0.1) is 0 Å². The molecule has 1 N–H and O–H groups in total. The molecule has 124 valence electrons. The van der Waals surface area contributed by atoms with Crippen LogP contribution < -0.4 is 10.1 Å². The van der Waals surface area contributed by atoms with Gasteiger partial charge in [-0.1, -0.05) is 6.07 Å². The summed E-state index contributed by atoms with van der Waals surface area (Å²) in [4.78, 5) is 24.2. The highest BCUT2D eigenvalue weighted by atomic mass is 16.5. The zero-order chi connectivity index (χ0) is 17.5. The average molecular weight is 332 g/mol. The molecule has 0 radical (unpaired) electrons. The molecule has 3 rings (SSSR count). The van der Waals surface area contributed by atoms with Gasteiger partial charge in [-0.05, 0) is 55.0 Å². The van der Waals surface area contributed by atoms with Crippen LogP contribution in [-0.4, -0.2) is 20.9 Å². The van der Waals surface area contributed by atoms with Crippen molar-refractivity contribution in [1.82, 2.24) is 15.0 Å². The van der Waals surface area contributed by atoms with Gasteiger partial charge in [0.25, 0.3) is 0 Å². The Hall–Kier alpha value is -3.54. The molecule has 0 aliphatic rings. The molecule has 0 atom stereocenters. The number of pyridine rings is 1. The predicted molar refractivity (Wildman–Crippen MR) is 95.2 cm³/mol. The van der Waals surface area contributed by atoms with Crippen molar-refractivity contribution in [2.24, 2.45) is 0 Å². The first-order valence-electron chi connectivity index (χ1n) is 7.66. The number of anilines is 1. The van der Waals surface area contributed by atoms with E-state index in [0.29, 0.717) is 11.4 Å². The number of nitrogens with zero attached hydrogens (tertiary/aromatic N) is 3. The maximum absolute atomic E-state index is 12.0. The number of benzene rings is 1. The van der Waals surface area contributed by atoms with Gasteiger partial charge in [0.15, 0.2) is 0 Å². The number of hydrogen-bond acceptors (Lipinski definition) is 5. The summed E-state index contributed by atoms with van der Waals surface area (Å²) in [5.74, 6) is 0.375. The zero-order valence-electron chi connectivity index (χ0n) is 13.6. The largest absolute Gasteiger partial charge is 0.424 e. The van der Waals surface area contributed by atoms with Crippen molar-refractivity contribution in [3.05, 3.63) is 78.4 Å². The Kier molecular flexibility index (Phi) is 5.11. The smallest absolute Gasteiger partial charge is 0.321 e. The fourth-order valence-corrected chi connectivity index (χ4v) is 2.09. The fourth-order valence-electron chi connectivity index (χ4n) is 2.09. The van der Waals surface area contributed by atoms with Crippen molar-refractivity contribution >= 4 is 17.7 Å².